The molecule has 0 aliphatic heterocycles. The molecule has 2 aliphatic rings. The minimum absolute atomic E-state index is 0.170. The Labute approximate surface area is 150 Å². The van der Waals surface area contributed by atoms with Crippen LogP contribution in [0.25, 0.3) is 0 Å². The summed E-state index contributed by atoms with van der Waals surface area (Å²) in [6.45, 7) is 4.24. The van der Waals surface area contributed by atoms with Crippen molar-refractivity contribution in [2.24, 2.45) is 0 Å². The summed E-state index contributed by atoms with van der Waals surface area (Å²) in [5.74, 6) is 0.655. The largest absolute Gasteiger partial charge is 0.353 e. The van der Waals surface area contributed by atoms with E-state index >= 15 is 0 Å². The van der Waals surface area contributed by atoms with Crippen molar-refractivity contribution < 1.29 is 4.79 Å². The number of hydrogen-bond donors (Lipinski definition) is 1. The molecule has 5 heteroatoms. The first-order chi connectivity index (χ1) is 11.6. The summed E-state index contributed by atoms with van der Waals surface area (Å²) in [4.78, 5) is 17.1. The maximum atomic E-state index is 12.4. The monoisotopic (exact) mass is 349 g/mol. The van der Waals surface area contributed by atoms with Crippen molar-refractivity contribution in [3.63, 3.8) is 0 Å². The molecule has 0 radical (unpaired) electrons. The molecule has 4 nitrogen and oxygen atoms in total. The van der Waals surface area contributed by atoms with Gasteiger partial charge >= 0.3 is 0 Å². The molecule has 0 unspecified atom stereocenters. The lowest BCUT2D eigenvalue weighted by atomic mass is 10.1. The van der Waals surface area contributed by atoms with E-state index in [4.69, 9.17) is 4.98 Å². The van der Waals surface area contributed by atoms with Crippen LogP contribution in [0, 0.1) is 13.8 Å². The summed E-state index contributed by atoms with van der Waals surface area (Å²) < 4.78 is 2.39. The van der Waals surface area contributed by atoms with Gasteiger partial charge in [0.15, 0.2) is 5.16 Å². The van der Waals surface area contributed by atoms with E-state index in [9.17, 15) is 4.79 Å². The average molecular weight is 350 g/mol. The Hall–Kier alpha value is -0.970. The lowest BCUT2D eigenvalue weighted by Crippen LogP contribution is -2.35. The van der Waals surface area contributed by atoms with Gasteiger partial charge in [-0.15, -0.1) is 0 Å². The van der Waals surface area contributed by atoms with Crippen molar-refractivity contribution in [2.75, 3.05) is 5.75 Å². The fraction of sp³-hybridized carbons (Fsp3) is 0.789. The van der Waals surface area contributed by atoms with Gasteiger partial charge in [-0.05, 0) is 39.5 Å². The smallest absolute Gasteiger partial charge is 0.230 e. The third-order valence-electron chi connectivity index (χ3n) is 5.60. The number of imidazole rings is 1. The molecule has 2 fully saturated rings. The number of hydrogen-bond acceptors (Lipinski definition) is 3. The van der Waals surface area contributed by atoms with Crippen LogP contribution in [0.4, 0.5) is 0 Å². The second kappa shape index (κ2) is 8.41. The predicted molar refractivity (Wildman–Crippen MR) is 99.6 cm³/mol. The molecular weight excluding hydrogens is 318 g/mol. The summed E-state index contributed by atoms with van der Waals surface area (Å²) in [5.41, 5.74) is 2.38. The van der Waals surface area contributed by atoms with Crippen LogP contribution in [0.1, 0.15) is 81.6 Å². The van der Waals surface area contributed by atoms with Crippen LogP contribution in [0.2, 0.25) is 0 Å². The Kier molecular flexibility index (Phi) is 6.25. The van der Waals surface area contributed by atoms with Gasteiger partial charge in [0.2, 0.25) is 5.91 Å². The van der Waals surface area contributed by atoms with Crippen molar-refractivity contribution in [3.05, 3.63) is 11.4 Å². The molecule has 2 aliphatic carbocycles. The van der Waals surface area contributed by atoms with Crippen molar-refractivity contribution >= 4 is 17.7 Å². The highest BCUT2D eigenvalue weighted by atomic mass is 32.2. The van der Waals surface area contributed by atoms with E-state index in [-0.39, 0.29) is 5.91 Å². The first kappa shape index (κ1) is 17.8. The third kappa shape index (κ3) is 4.35. The number of carbonyl (C=O) groups is 1. The first-order valence-electron chi connectivity index (χ1n) is 9.62. The maximum Gasteiger partial charge on any atom is 0.230 e. The molecule has 1 amide bonds. The molecule has 1 aromatic heterocycles. The SMILES string of the molecule is Cc1nc(SCC(=O)NC2CCCCCC2)n(C2CCCC2)c1C. The van der Waals surface area contributed by atoms with Gasteiger partial charge in [0, 0.05) is 17.8 Å². The van der Waals surface area contributed by atoms with Crippen LogP contribution in [0.3, 0.4) is 0 Å². The molecular formula is C19H31N3OS. The van der Waals surface area contributed by atoms with Crippen molar-refractivity contribution in [2.45, 2.75) is 95.3 Å². The van der Waals surface area contributed by atoms with Gasteiger partial charge in [-0.1, -0.05) is 50.3 Å². The van der Waals surface area contributed by atoms with E-state index in [1.165, 1.54) is 57.1 Å². The number of carbonyl (C=O) groups excluding carboxylic acids is 1. The minimum atomic E-state index is 0.170. The van der Waals surface area contributed by atoms with E-state index in [0.717, 1.165) is 23.7 Å². The molecule has 0 saturated heterocycles. The Balaban J connectivity index is 1.57. The van der Waals surface area contributed by atoms with Crippen LogP contribution >= 0.6 is 11.8 Å². The molecule has 0 bridgehead atoms. The molecule has 0 atom stereocenters. The van der Waals surface area contributed by atoms with Gasteiger partial charge in [0.1, 0.15) is 0 Å². The zero-order chi connectivity index (χ0) is 16.9. The lowest BCUT2D eigenvalue weighted by Gasteiger charge is -2.18. The Morgan fingerprint density at radius 1 is 1.08 bits per heavy atom. The zero-order valence-corrected chi connectivity index (χ0v) is 16.0. The van der Waals surface area contributed by atoms with Crippen molar-refractivity contribution in [1.82, 2.24) is 14.9 Å². The summed E-state index contributed by atoms with van der Waals surface area (Å²) >= 11 is 1.61. The quantitative estimate of drug-likeness (QED) is 0.627. The highest BCUT2D eigenvalue weighted by Gasteiger charge is 2.24. The molecule has 1 aromatic rings. The second-order valence-electron chi connectivity index (χ2n) is 7.42. The van der Waals surface area contributed by atoms with Gasteiger partial charge in [0.05, 0.1) is 11.4 Å². The van der Waals surface area contributed by atoms with E-state index in [1.54, 1.807) is 11.8 Å². The van der Waals surface area contributed by atoms with Crippen LogP contribution in [0.5, 0.6) is 0 Å². The average Bonchev–Trinajstić information content (AvgIpc) is 3.08. The highest BCUT2D eigenvalue weighted by Crippen LogP contribution is 2.35. The van der Waals surface area contributed by atoms with Crippen molar-refractivity contribution in [3.8, 4) is 0 Å². The minimum Gasteiger partial charge on any atom is -0.353 e. The van der Waals surface area contributed by atoms with Gasteiger partial charge in [0.25, 0.3) is 0 Å². The number of thioether (sulfide) groups is 1. The molecule has 0 aromatic carbocycles. The molecule has 3 rings (SSSR count). The standard InChI is InChI=1S/C19H31N3OS/c1-14-15(2)22(17-11-7-8-12-17)19(20-14)24-13-18(23)21-16-9-5-3-4-6-10-16/h16-17H,3-13H2,1-2H3,(H,21,23). The molecule has 0 spiro atoms. The van der Waals surface area contributed by atoms with E-state index in [0.29, 0.717) is 17.8 Å². The topological polar surface area (TPSA) is 46.9 Å². The van der Waals surface area contributed by atoms with Crippen LogP contribution in [-0.2, 0) is 4.79 Å². The fourth-order valence-electron chi connectivity index (χ4n) is 4.11. The molecule has 24 heavy (non-hydrogen) atoms. The number of rotatable bonds is 5. The molecule has 1 N–H and O–H groups in total. The molecule has 2 saturated carbocycles. The van der Waals surface area contributed by atoms with Gasteiger partial charge in [-0.2, -0.15) is 0 Å². The number of aromatic nitrogens is 2. The highest BCUT2D eigenvalue weighted by molar-refractivity contribution is 7.99. The van der Waals surface area contributed by atoms with E-state index in [2.05, 4.69) is 23.7 Å². The fourth-order valence-corrected chi connectivity index (χ4v) is 5.08. The Bertz CT molecular complexity index is 555. The number of amides is 1. The predicted octanol–water partition coefficient (Wildman–Crippen LogP) is 4.55. The van der Waals surface area contributed by atoms with Crippen molar-refractivity contribution in [1.29, 1.82) is 0 Å². The van der Waals surface area contributed by atoms with E-state index < -0.39 is 0 Å². The molecule has 134 valence electrons. The normalized spacial score (nSPS) is 20.2. The third-order valence-corrected chi connectivity index (χ3v) is 6.55. The summed E-state index contributed by atoms with van der Waals surface area (Å²) in [6, 6.07) is 0.970. The van der Waals surface area contributed by atoms with Crippen LogP contribution < -0.4 is 5.32 Å². The van der Waals surface area contributed by atoms with Gasteiger partial charge in [-0.3, -0.25) is 4.79 Å². The number of nitrogens with zero attached hydrogens (tertiary/aromatic N) is 2. The maximum absolute atomic E-state index is 12.4. The first-order valence-corrected chi connectivity index (χ1v) is 10.6. The van der Waals surface area contributed by atoms with Gasteiger partial charge in [-0.25, -0.2) is 4.98 Å². The zero-order valence-electron chi connectivity index (χ0n) is 15.1. The summed E-state index contributed by atoms with van der Waals surface area (Å²) in [7, 11) is 0. The van der Waals surface area contributed by atoms with Crippen LogP contribution in [0.15, 0.2) is 5.16 Å². The van der Waals surface area contributed by atoms with Crippen LogP contribution in [-0.4, -0.2) is 27.3 Å². The lowest BCUT2D eigenvalue weighted by molar-refractivity contribution is -0.119. The second-order valence-corrected chi connectivity index (χ2v) is 8.36. The van der Waals surface area contributed by atoms with Gasteiger partial charge < -0.3 is 9.88 Å². The Morgan fingerprint density at radius 2 is 1.71 bits per heavy atom. The number of nitrogens with one attached hydrogen (secondary N) is 1. The summed E-state index contributed by atoms with van der Waals surface area (Å²) in [5, 5.41) is 4.28. The summed E-state index contributed by atoms with van der Waals surface area (Å²) in [6.07, 6.45) is 12.6. The molecule has 1 heterocycles. The Morgan fingerprint density at radius 3 is 2.38 bits per heavy atom. The van der Waals surface area contributed by atoms with E-state index in [1.807, 2.05) is 0 Å². The number of aryl methyl sites for hydroxylation is 1.